The van der Waals surface area contributed by atoms with Crippen molar-refractivity contribution in [1.29, 1.82) is 0 Å². The van der Waals surface area contributed by atoms with Crippen molar-refractivity contribution >= 4 is 17.3 Å². The molecule has 1 aliphatic rings. The van der Waals surface area contributed by atoms with E-state index in [1.165, 1.54) is 24.3 Å². The molecule has 1 N–H and O–H groups in total. The summed E-state index contributed by atoms with van der Waals surface area (Å²) in [5, 5.41) is 14.1. The number of carbonyl (C=O) groups is 1. The van der Waals surface area contributed by atoms with Crippen LogP contribution in [0.15, 0.2) is 53.6 Å². The molecule has 1 aliphatic heterocycles. The van der Waals surface area contributed by atoms with E-state index < -0.39 is 30.0 Å². The Hall–Kier alpha value is -2.94. The number of carbonyl (C=O) groups excluding carboxylic acids is 1. The molecule has 2 aromatic carbocycles. The number of aliphatic hydroxyl groups is 1. The van der Waals surface area contributed by atoms with Gasteiger partial charge in [-0.3, -0.25) is 4.79 Å². The van der Waals surface area contributed by atoms with Gasteiger partial charge in [0.05, 0.1) is 12.1 Å². The molecule has 28 heavy (non-hydrogen) atoms. The summed E-state index contributed by atoms with van der Waals surface area (Å²) in [6, 6.07) is 10.5. The van der Waals surface area contributed by atoms with Gasteiger partial charge in [-0.05, 0) is 42.0 Å². The molecule has 9 heteroatoms. The van der Waals surface area contributed by atoms with Crippen molar-refractivity contribution in [3.8, 4) is 0 Å². The molecule has 0 spiro atoms. The van der Waals surface area contributed by atoms with Gasteiger partial charge in [0.25, 0.3) is 11.6 Å². The van der Waals surface area contributed by atoms with Crippen LogP contribution in [-0.4, -0.2) is 47.7 Å². The van der Waals surface area contributed by atoms with Gasteiger partial charge in [0.1, 0.15) is 5.82 Å². The standard InChI is InChI=1S/C19H17F4N3O2/c1-25(2)15-9-5-13(6-10-15)17(27)26-18(28,19(21,22)23)11-16(24-26)12-3-7-14(20)8-4-12/h3-10,28H,11H2,1-2H3/t18-/m0/s1. The van der Waals surface area contributed by atoms with E-state index in [-0.39, 0.29) is 21.8 Å². The van der Waals surface area contributed by atoms with Gasteiger partial charge in [-0.1, -0.05) is 12.1 Å². The number of hydrazone groups is 1. The maximum absolute atomic E-state index is 13.6. The molecule has 0 bridgehead atoms. The minimum atomic E-state index is -5.14. The summed E-state index contributed by atoms with van der Waals surface area (Å²) < 4.78 is 53.9. The van der Waals surface area contributed by atoms with Gasteiger partial charge in [-0.25, -0.2) is 4.39 Å². The van der Waals surface area contributed by atoms with Crippen LogP contribution < -0.4 is 4.90 Å². The Morgan fingerprint density at radius 2 is 1.68 bits per heavy atom. The molecule has 0 unspecified atom stereocenters. The molecule has 1 amide bonds. The first-order chi connectivity index (χ1) is 13.0. The van der Waals surface area contributed by atoms with Crippen molar-refractivity contribution in [3.63, 3.8) is 0 Å². The average Bonchev–Trinajstić information content (AvgIpc) is 3.00. The zero-order valence-corrected chi connectivity index (χ0v) is 15.0. The lowest BCUT2D eigenvalue weighted by Crippen LogP contribution is -2.56. The number of hydrogen-bond acceptors (Lipinski definition) is 4. The Balaban J connectivity index is 2.00. The van der Waals surface area contributed by atoms with Crippen molar-refractivity contribution < 1.29 is 27.5 Å². The number of benzene rings is 2. The van der Waals surface area contributed by atoms with Crippen molar-refractivity contribution in [3.05, 3.63) is 65.5 Å². The third-order valence-corrected chi connectivity index (χ3v) is 4.44. The van der Waals surface area contributed by atoms with Gasteiger partial charge in [0.15, 0.2) is 0 Å². The van der Waals surface area contributed by atoms with E-state index in [4.69, 9.17) is 0 Å². The number of amides is 1. The van der Waals surface area contributed by atoms with Crippen molar-refractivity contribution in [1.82, 2.24) is 5.01 Å². The highest BCUT2D eigenvalue weighted by Gasteiger charge is 2.63. The van der Waals surface area contributed by atoms with Crippen LogP contribution in [0.4, 0.5) is 23.2 Å². The maximum atomic E-state index is 13.6. The third-order valence-electron chi connectivity index (χ3n) is 4.44. The Labute approximate surface area is 158 Å². The zero-order chi connectivity index (χ0) is 20.7. The van der Waals surface area contributed by atoms with Gasteiger partial charge in [0.2, 0.25) is 0 Å². The fourth-order valence-corrected chi connectivity index (χ4v) is 2.81. The van der Waals surface area contributed by atoms with Crippen LogP contribution in [-0.2, 0) is 0 Å². The molecule has 2 aromatic rings. The van der Waals surface area contributed by atoms with E-state index in [2.05, 4.69) is 5.10 Å². The summed E-state index contributed by atoms with van der Waals surface area (Å²) in [7, 11) is 3.55. The number of rotatable bonds is 3. The minimum Gasteiger partial charge on any atom is -0.378 e. The van der Waals surface area contributed by atoms with Crippen LogP contribution in [0, 0.1) is 5.82 Å². The summed E-state index contributed by atoms with van der Waals surface area (Å²) in [6.45, 7) is 0. The smallest absolute Gasteiger partial charge is 0.378 e. The van der Waals surface area contributed by atoms with Crippen molar-refractivity contribution in [2.24, 2.45) is 5.10 Å². The number of alkyl halides is 3. The lowest BCUT2D eigenvalue weighted by atomic mass is 10.0. The average molecular weight is 395 g/mol. The molecule has 0 aromatic heterocycles. The summed E-state index contributed by atoms with van der Waals surface area (Å²) in [6.07, 6.45) is -6.10. The van der Waals surface area contributed by atoms with E-state index >= 15 is 0 Å². The molecular formula is C19H17F4N3O2. The summed E-state index contributed by atoms with van der Waals surface area (Å²) >= 11 is 0. The van der Waals surface area contributed by atoms with Crippen molar-refractivity contribution in [2.75, 3.05) is 19.0 Å². The molecule has 0 radical (unpaired) electrons. The number of anilines is 1. The lowest BCUT2D eigenvalue weighted by Gasteiger charge is -2.32. The van der Waals surface area contributed by atoms with Crippen LogP contribution >= 0.6 is 0 Å². The van der Waals surface area contributed by atoms with E-state index in [0.717, 1.165) is 17.8 Å². The number of halogens is 4. The highest BCUT2D eigenvalue weighted by molar-refractivity contribution is 6.05. The van der Waals surface area contributed by atoms with Gasteiger partial charge in [-0.15, -0.1) is 0 Å². The van der Waals surface area contributed by atoms with E-state index in [1.54, 1.807) is 31.1 Å². The highest BCUT2D eigenvalue weighted by atomic mass is 19.4. The fourth-order valence-electron chi connectivity index (χ4n) is 2.81. The Kier molecular flexibility index (Phi) is 4.88. The maximum Gasteiger partial charge on any atom is 0.438 e. The quantitative estimate of drug-likeness (QED) is 0.811. The molecule has 148 valence electrons. The molecule has 0 saturated heterocycles. The van der Waals surface area contributed by atoms with Crippen LogP contribution in [0.5, 0.6) is 0 Å². The van der Waals surface area contributed by atoms with E-state index in [9.17, 15) is 27.5 Å². The Morgan fingerprint density at radius 3 is 2.18 bits per heavy atom. The van der Waals surface area contributed by atoms with Crippen LogP contribution in [0.1, 0.15) is 22.3 Å². The van der Waals surface area contributed by atoms with Gasteiger partial charge < -0.3 is 10.0 Å². The first-order valence-electron chi connectivity index (χ1n) is 8.27. The summed E-state index contributed by atoms with van der Waals surface area (Å²) in [4.78, 5) is 14.5. The highest BCUT2D eigenvalue weighted by Crippen LogP contribution is 2.42. The molecule has 0 fully saturated rings. The minimum absolute atomic E-state index is 0.0519. The van der Waals surface area contributed by atoms with Crippen LogP contribution in [0.2, 0.25) is 0 Å². The van der Waals surface area contributed by atoms with Gasteiger partial charge in [0, 0.05) is 25.3 Å². The second-order valence-electron chi connectivity index (χ2n) is 6.60. The number of hydrogen-bond donors (Lipinski definition) is 1. The molecule has 0 aliphatic carbocycles. The Morgan fingerprint density at radius 1 is 1.11 bits per heavy atom. The second-order valence-corrected chi connectivity index (χ2v) is 6.60. The molecule has 3 rings (SSSR count). The first-order valence-corrected chi connectivity index (χ1v) is 8.27. The summed E-state index contributed by atoms with van der Waals surface area (Å²) in [5.41, 5.74) is -2.79. The van der Waals surface area contributed by atoms with E-state index in [1.807, 2.05) is 0 Å². The normalized spacial score (nSPS) is 19.5. The van der Waals surface area contributed by atoms with Crippen LogP contribution in [0.3, 0.4) is 0 Å². The monoisotopic (exact) mass is 395 g/mol. The predicted molar refractivity (Wildman–Crippen MR) is 95.5 cm³/mol. The third kappa shape index (κ3) is 3.45. The first kappa shape index (κ1) is 19.8. The topological polar surface area (TPSA) is 56.1 Å². The predicted octanol–water partition coefficient (Wildman–Crippen LogP) is 3.39. The van der Waals surface area contributed by atoms with Gasteiger partial charge in [-0.2, -0.15) is 23.3 Å². The Bertz CT molecular complexity index is 908. The zero-order valence-electron chi connectivity index (χ0n) is 15.0. The molecule has 5 nitrogen and oxygen atoms in total. The number of nitrogens with zero attached hydrogens (tertiary/aromatic N) is 3. The van der Waals surface area contributed by atoms with Crippen molar-refractivity contribution in [2.45, 2.75) is 18.3 Å². The lowest BCUT2D eigenvalue weighted by molar-refractivity contribution is -0.297. The molecule has 0 saturated carbocycles. The molecule has 1 atom stereocenters. The second kappa shape index (κ2) is 6.90. The summed E-state index contributed by atoms with van der Waals surface area (Å²) in [5.74, 6) is -1.66. The van der Waals surface area contributed by atoms with Gasteiger partial charge >= 0.3 is 6.18 Å². The largest absolute Gasteiger partial charge is 0.438 e. The van der Waals surface area contributed by atoms with E-state index in [0.29, 0.717) is 0 Å². The molecular weight excluding hydrogens is 378 g/mol. The SMILES string of the molecule is CN(C)c1ccc(C(=O)N2N=C(c3ccc(F)cc3)C[C@]2(O)C(F)(F)F)cc1. The van der Waals surface area contributed by atoms with Crippen LogP contribution in [0.25, 0.3) is 0 Å². The fraction of sp³-hybridized carbons (Fsp3) is 0.263. The molecule has 1 heterocycles.